The van der Waals surface area contributed by atoms with Crippen molar-refractivity contribution in [2.45, 2.75) is 36.6 Å². The molecule has 13 heteroatoms. The lowest BCUT2D eigenvalue weighted by Gasteiger charge is -2.36. The van der Waals surface area contributed by atoms with Gasteiger partial charge in [0.15, 0.2) is 5.65 Å². The standard InChI is InChI=1S/C29H36N8O4S/c1-19-3-6-25(20(2)15-19)42(40,41)29-27-32-28(39)23-5-4-22(16-24(23)37(27)34-33-29)36-13-11-35(12-14-36)18-26(38)31-17-21-7-9-30-10-8-21/h3-6,15-16,21,30,34H,7-14,17-18H2,1-2H3,(H,31,38). The van der Waals surface area contributed by atoms with E-state index in [0.29, 0.717) is 42.0 Å². The number of hydrogen-bond donors (Lipinski definition) is 3. The van der Waals surface area contributed by atoms with E-state index in [1.165, 1.54) is 4.52 Å². The van der Waals surface area contributed by atoms with Crippen LogP contribution in [0.1, 0.15) is 24.0 Å². The molecular formula is C29H36N8O4S. The zero-order valence-electron chi connectivity index (χ0n) is 23.9. The van der Waals surface area contributed by atoms with Gasteiger partial charge in [0, 0.05) is 38.4 Å². The van der Waals surface area contributed by atoms with Gasteiger partial charge in [-0.1, -0.05) is 17.7 Å². The summed E-state index contributed by atoms with van der Waals surface area (Å²) in [6.07, 6.45) is 2.20. The molecule has 0 atom stereocenters. The number of aromatic amines is 1. The Kier molecular flexibility index (Phi) is 7.73. The Hall–Kier alpha value is -3.81. The van der Waals surface area contributed by atoms with Gasteiger partial charge in [0.2, 0.25) is 20.8 Å². The van der Waals surface area contributed by atoms with Crippen LogP contribution in [0.4, 0.5) is 5.69 Å². The molecule has 6 rings (SSSR count). The maximum Gasteiger partial charge on any atom is 0.281 e. The minimum atomic E-state index is -4.03. The molecule has 4 aromatic rings. The van der Waals surface area contributed by atoms with Crippen molar-refractivity contribution in [3.05, 3.63) is 57.9 Å². The van der Waals surface area contributed by atoms with E-state index in [1.54, 1.807) is 31.2 Å². The summed E-state index contributed by atoms with van der Waals surface area (Å²) in [5, 5.41) is 13.4. The highest BCUT2D eigenvalue weighted by Gasteiger charge is 2.28. The van der Waals surface area contributed by atoms with Gasteiger partial charge in [-0.3, -0.25) is 14.5 Å². The molecule has 42 heavy (non-hydrogen) atoms. The van der Waals surface area contributed by atoms with Crippen molar-refractivity contribution in [3.63, 3.8) is 0 Å². The molecule has 2 aliphatic heterocycles. The molecule has 2 aromatic carbocycles. The number of aryl methyl sites for hydroxylation is 2. The predicted molar refractivity (Wildman–Crippen MR) is 160 cm³/mol. The lowest BCUT2D eigenvalue weighted by atomic mass is 9.98. The smallest absolute Gasteiger partial charge is 0.281 e. The Morgan fingerprint density at radius 2 is 1.81 bits per heavy atom. The molecule has 4 heterocycles. The van der Waals surface area contributed by atoms with Crippen molar-refractivity contribution in [2.24, 2.45) is 5.92 Å². The van der Waals surface area contributed by atoms with Crippen LogP contribution in [0.15, 0.2) is 51.1 Å². The first-order chi connectivity index (χ1) is 20.2. The lowest BCUT2D eigenvalue weighted by molar-refractivity contribution is -0.122. The van der Waals surface area contributed by atoms with Crippen molar-refractivity contribution < 1.29 is 13.2 Å². The van der Waals surface area contributed by atoms with Crippen LogP contribution in [-0.4, -0.2) is 91.4 Å². The van der Waals surface area contributed by atoms with E-state index in [1.807, 2.05) is 19.1 Å². The quantitative estimate of drug-likeness (QED) is 0.289. The van der Waals surface area contributed by atoms with Gasteiger partial charge in [-0.25, -0.2) is 18.1 Å². The van der Waals surface area contributed by atoms with Crippen molar-refractivity contribution in [2.75, 3.05) is 57.3 Å². The van der Waals surface area contributed by atoms with Gasteiger partial charge >= 0.3 is 0 Å². The number of sulfone groups is 1. The number of piperidine rings is 1. The normalized spacial score (nSPS) is 17.2. The minimum absolute atomic E-state index is 0.0371. The summed E-state index contributed by atoms with van der Waals surface area (Å²) >= 11 is 0. The number of amides is 1. The van der Waals surface area contributed by atoms with Gasteiger partial charge in [0.05, 0.1) is 22.3 Å². The number of hydrogen-bond acceptors (Lipinski definition) is 9. The SMILES string of the molecule is Cc1ccc(S(=O)(=O)c2n[nH]n3c2nc(=O)c2ccc(N4CCN(CC(=O)NCC5CCNCC5)CC4)cc23)c(C)c1. The molecule has 0 bridgehead atoms. The molecule has 2 saturated heterocycles. The summed E-state index contributed by atoms with van der Waals surface area (Å²) in [6, 6.07) is 10.5. The first-order valence-electron chi connectivity index (χ1n) is 14.4. The number of fused-ring (bicyclic) bond motifs is 3. The molecule has 2 aromatic heterocycles. The highest BCUT2D eigenvalue weighted by atomic mass is 32.2. The summed E-state index contributed by atoms with van der Waals surface area (Å²) in [6.45, 7) is 9.66. The van der Waals surface area contributed by atoms with Crippen molar-refractivity contribution in [1.29, 1.82) is 0 Å². The number of carbonyl (C=O) groups excluding carboxylic acids is 1. The van der Waals surface area contributed by atoms with Crippen LogP contribution in [-0.2, 0) is 14.6 Å². The predicted octanol–water partition coefficient (Wildman–Crippen LogP) is 1.26. The van der Waals surface area contributed by atoms with Gasteiger partial charge < -0.3 is 15.5 Å². The number of rotatable bonds is 7. The van der Waals surface area contributed by atoms with Crippen molar-refractivity contribution in [1.82, 2.24) is 35.3 Å². The average molecular weight is 593 g/mol. The van der Waals surface area contributed by atoms with Crippen LogP contribution in [0.3, 0.4) is 0 Å². The Morgan fingerprint density at radius 3 is 2.55 bits per heavy atom. The summed E-state index contributed by atoms with van der Waals surface area (Å²) in [7, 11) is -4.03. The van der Waals surface area contributed by atoms with E-state index < -0.39 is 15.4 Å². The second kappa shape index (κ2) is 11.5. The van der Waals surface area contributed by atoms with Crippen LogP contribution in [0.25, 0.3) is 16.6 Å². The summed E-state index contributed by atoms with van der Waals surface area (Å²) in [4.78, 5) is 34.1. The van der Waals surface area contributed by atoms with Gasteiger partial charge in [0.25, 0.3) is 5.56 Å². The lowest BCUT2D eigenvalue weighted by Crippen LogP contribution is -2.50. The van der Waals surface area contributed by atoms with E-state index >= 15 is 0 Å². The minimum Gasteiger partial charge on any atom is -0.369 e. The maximum absolute atomic E-state index is 13.5. The summed E-state index contributed by atoms with van der Waals surface area (Å²) in [5.74, 6) is 0.611. The largest absolute Gasteiger partial charge is 0.369 e. The maximum atomic E-state index is 13.5. The molecule has 0 radical (unpaired) electrons. The number of aromatic nitrogens is 4. The molecule has 222 valence electrons. The Labute approximate surface area is 244 Å². The number of carbonyl (C=O) groups is 1. The zero-order chi connectivity index (χ0) is 29.4. The van der Waals surface area contributed by atoms with E-state index in [2.05, 4.69) is 35.7 Å². The molecular weight excluding hydrogens is 556 g/mol. The number of nitrogens with one attached hydrogen (secondary N) is 3. The molecule has 12 nitrogen and oxygen atoms in total. The fourth-order valence-electron chi connectivity index (χ4n) is 5.95. The third-order valence-electron chi connectivity index (χ3n) is 8.34. The first kappa shape index (κ1) is 28.3. The summed E-state index contributed by atoms with van der Waals surface area (Å²) < 4.78 is 28.6. The van der Waals surface area contributed by atoms with E-state index in [0.717, 1.165) is 56.8 Å². The van der Waals surface area contributed by atoms with Crippen LogP contribution in [0, 0.1) is 19.8 Å². The Balaban J connectivity index is 1.19. The number of piperazine rings is 1. The van der Waals surface area contributed by atoms with Crippen LogP contribution in [0.5, 0.6) is 0 Å². The Bertz CT molecular complexity index is 1800. The molecule has 0 spiro atoms. The van der Waals surface area contributed by atoms with Crippen LogP contribution >= 0.6 is 0 Å². The second-order valence-electron chi connectivity index (χ2n) is 11.3. The van der Waals surface area contributed by atoms with Gasteiger partial charge in [-0.2, -0.15) is 4.98 Å². The van der Waals surface area contributed by atoms with Gasteiger partial charge in [-0.05, 0) is 75.5 Å². The zero-order valence-corrected chi connectivity index (χ0v) is 24.7. The molecule has 2 aliphatic rings. The Morgan fingerprint density at radius 1 is 1.05 bits per heavy atom. The van der Waals surface area contributed by atoms with Gasteiger partial charge in [0.1, 0.15) is 0 Å². The number of anilines is 1. The molecule has 0 saturated carbocycles. The number of nitrogens with zero attached hydrogens (tertiary/aromatic N) is 5. The number of benzene rings is 2. The van der Waals surface area contributed by atoms with E-state index in [4.69, 9.17) is 0 Å². The highest BCUT2D eigenvalue weighted by Crippen LogP contribution is 2.27. The molecule has 3 N–H and O–H groups in total. The molecule has 0 aliphatic carbocycles. The monoisotopic (exact) mass is 592 g/mol. The fraction of sp³-hybridized carbons (Fsp3) is 0.448. The van der Waals surface area contributed by atoms with Crippen LogP contribution in [0.2, 0.25) is 0 Å². The second-order valence-corrected chi connectivity index (χ2v) is 13.2. The van der Waals surface area contributed by atoms with Gasteiger partial charge in [-0.15, -0.1) is 5.10 Å². The third-order valence-corrected chi connectivity index (χ3v) is 10.2. The third kappa shape index (κ3) is 5.51. The fourth-order valence-corrected chi connectivity index (χ4v) is 7.42. The van der Waals surface area contributed by atoms with E-state index in [-0.39, 0.29) is 21.5 Å². The van der Waals surface area contributed by atoms with E-state index in [9.17, 15) is 18.0 Å². The number of H-pyrrole nitrogens is 1. The molecule has 1 amide bonds. The molecule has 0 unspecified atom stereocenters. The summed E-state index contributed by atoms with van der Waals surface area (Å²) in [5.41, 5.74) is 2.38. The molecule has 2 fully saturated rings. The van der Waals surface area contributed by atoms with Crippen molar-refractivity contribution in [3.8, 4) is 0 Å². The topological polar surface area (TPSA) is 145 Å². The van der Waals surface area contributed by atoms with Crippen LogP contribution < -0.4 is 21.1 Å². The highest BCUT2D eigenvalue weighted by molar-refractivity contribution is 7.91. The van der Waals surface area contributed by atoms with Crippen molar-refractivity contribution >= 4 is 38.0 Å². The first-order valence-corrected chi connectivity index (χ1v) is 15.9. The average Bonchev–Trinajstić information content (AvgIpc) is 3.42.